The normalized spacial score (nSPS) is 20.6. The lowest BCUT2D eigenvalue weighted by Crippen LogP contribution is -2.45. The van der Waals surface area contributed by atoms with Gasteiger partial charge in [0.1, 0.15) is 0 Å². The van der Waals surface area contributed by atoms with Crippen molar-refractivity contribution in [3.05, 3.63) is 65.9 Å². The van der Waals surface area contributed by atoms with Crippen LogP contribution in [-0.2, 0) is 11.2 Å². The van der Waals surface area contributed by atoms with Crippen molar-refractivity contribution in [2.75, 3.05) is 24.5 Å². The van der Waals surface area contributed by atoms with E-state index in [0.717, 1.165) is 38.0 Å². The monoisotopic (exact) mass is 373 g/mol. The van der Waals surface area contributed by atoms with E-state index in [1.54, 1.807) is 0 Å². The Balaban J connectivity index is 1.24. The summed E-state index contributed by atoms with van der Waals surface area (Å²) in [4.78, 5) is 20.8. The largest absolute Gasteiger partial charge is 0.361 e. The molecule has 0 spiro atoms. The van der Waals surface area contributed by atoms with E-state index in [-0.39, 0.29) is 11.9 Å². The molecule has 1 aromatic heterocycles. The number of rotatable bonds is 3. The minimum atomic E-state index is 0.239. The Morgan fingerprint density at radius 2 is 1.82 bits per heavy atom. The van der Waals surface area contributed by atoms with Crippen molar-refractivity contribution in [1.29, 1.82) is 0 Å². The second kappa shape index (κ2) is 7.10. The summed E-state index contributed by atoms with van der Waals surface area (Å²) in [6, 6.07) is 17.1. The molecule has 1 amide bonds. The predicted molar refractivity (Wildman–Crippen MR) is 114 cm³/mol. The number of piperidine rings is 1. The van der Waals surface area contributed by atoms with Gasteiger partial charge >= 0.3 is 0 Å². The molecule has 2 aliphatic heterocycles. The molecule has 1 saturated heterocycles. The second-order valence-electron chi connectivity index (χ2n) is 8.29. The molecule has 0 radical (unpaired) electrons. The minimum absolute atomic E-state index is 0.239. The van der Waals surface area contributed by atoms with Crippen molar-refractivity contribution in [2.24, 2.45) is 0 Å². The topological polar surface area (TPSA) is 39.3 Å². The van der Waals surface area contributed by atoms with Gasteiger partial charge in [0.15, 0.2) is 0 Å². The number of fused-ring (bicyclic) bond motifs is 2. The Hall–Kier alpha value is -2.59. The van der Waals surface area contributed by atoms with E-state index in [0.29, 0.717) is 12.5 Å². The van der Waals surface area contributed by atoms with Gasteiger partial charge in [0.25, 0.3) is 0 Å². The van der Waals surface area contributed by atoms with Crippen LogP contribution in [0.25, 0.3) is 10.9 Å². The second-order valence-corrected chi connectivity index (χ2v) is 8.29. The molecule has 3 heterocycles. The quantitative estimate of drug-likeness (QED) is 0.742. The standard InChI is InChI=1S/C24H27N3O/c1-17-14-19-6-2-5-9-23(19)27(17)24(28)16-26-12-10-18(11-13-26)21-15-25-22-8-4-3-7-20(21)22/h2-9,15,17-18,25H,10-14,16H2,1H3. The molecule has 1 atom stereocenters. The van der Waals surface area contributed by atoms with Gasteiger partial charge in [-0.05, 0) is 68.5 Å². The van der Waals surface area contributed by atoms with Crippen molar-refractivity contribution in [1.82, 2.24) is 9.88 Å². The van der Waals surface area contributed by atoms with Gasteiger partial charge in [0, 0.05) is 28.8 Å². The maximum absolute atomic E-state index is 13.1. The molecule has 5 rings (SSSR count). The number of nitrogens with one attached hydrogen (secondary N) is 1. The maximum atomic E-state index is 13.1. The number of carbonyl (C=O) groups is 1. The first-order chi connectivity index (χ1) is 13.7. The van der Waals surface area contributed by atoms with E-state index in [9.17, 15) is 4.79 Å². The van der Waals surface area contributed by atoms with Crippen LogP contribution in [0, 0.1) is 0 Å². The number of H-pyrrole nitrogens is 1. The molecule has 144 valence electrons. The smallest absolute Gasteiger partial charge is 0.241 e. The van der Waals surface area contributed by atoms with E-state index >= 15 is 0 Å². The van der Waals surface area contributed by atoms with E-state index in [4.69, 9.17) is 0 Å². The lowest BCUT2D eigenvalue weighted by molar-refractivity contribution is -0.120. The highest BCUT2D eigenvalue weighted by atomic mass is 16.2. The van der Waals surface area contributed by atoms with Crippen LogP contribution in [0.4, 0.5) is 5.69 Å². The first-order valence-corrected chi connectivity index (χ1v) is 10.4. The van der Waals surface area contributed by atoms with Gasteiger partial charge in [-0.2, -0.15) is 0 Å². The van der Waals surface area contributed by atoms with Gasteiger partial charge < -0.3 is 9.88 Å². The summed E-state index contributed by atoms with van der Waals surface area (Å²) >= 11 is 0. The van der Waals surface area contributed by atoms with Crippen LogP contribution in [0.3, 0.4) is 0 Å². The molecule has 28 heavy (non-hydrogen) atoms. The lowest BCUT2D eigenvalue weighted by Gasteiger charge is -2.33. The highest BCUT2D eigenvalue weighted by Gasteiger charge is 2.32. The van der Waals surface area contributed by atoms with Crippen LogP contribution in [0.1, 0.15) is 36.8 Å². The van der Waals surface area contributed by atoms with Crippen LogP contribution in [-0.4, -0.2) is 41.5 Å². The number of aromatic amines is 1. The Labute approximate surface area is 166 Å². The summed E-state index contributed by atoms with van der Waals surface area (Å²) in [5.74, 6) is 0.817. The fourth-order valence-electron chi connectivity index (χ4n) is 5.05. The van der Waals surface area contributed by atoms with E-state index in [2.05, 4.69) is 65.5 Å². The molecule has 1 unspecified atom stereocenters. The van der Waals surface area contributed by atoms with Crippen molar-refractivity contribution < 1.29 is 4.79 Å². The molecule has 0 bridgehead atoms. The number of amides is 1. The van der Waals surface area contributed by atoms with E-state index in [1.807, 2.05) is 11.0 Å². The third-order valence-electron chi connectivity index (χ3n) is 6.48. The first kappa shape index (κ1) is 17.5. The average Bonchev–Trinajstić information content (AvgIpc) is 3.29. The SMILES string of the molecule is CC1Cc2ccccc2N1C(=O)CN1CCC(c2c[nH]c3ccccc23)CC1. The molecule has 4 heteroatoms. The molecular weight excluding hydrogens is 346 g/mol. The van der Waals surface area contributed by atoms with E-state index < -0.39 is 0 Å². The zero-order chi connectivity index (χ0) is 19.1. The van der Waals surface area contributed by atoms with Gasteiger partial charge in [0.05, 0.1) is 6.54 Å². The molecule has 1 N–H and O–H groups in total. The van der Waals surface area contributed by atoms with Crippen LogP contribution in [0.2, 0.25) is 0 Å². The van der Waals surface area contributed by atoms with Gasteiger partial charge in [-0.25, -0.2) is 0 Å². The predicted octanol–water partition coefficient (Wildman–Crippen LogP) is 4.33. The molecule has 0 saturated carbocycles. The van der Waals surface area contributed by atoms with Crippen LogP contribution in [0.15, 0.2) is 54.7 Å². The maximum Gasteiger partial charge on any atom is 0.241 e. The van der Waals surface area contributed by atoms with Gasteiger partial charge in [-0.1, -0.05) is 36.4 Å². The molecule has 2 aromatic carbocycles. The van der Waals surface area contributed by atoms with Crippen molar-refractivity contribution in [3.8, 4) is 0 Å². The average molecular weight is 374 g/mol. The number of hydrogen-bond donors (Lipinski definition) is 1. The highest BCUT2D eigenvalue weighted by Crippen LogP contribution is 2.34. The lowest BCUT2D eigenvalue weighted by atomic mass is 9.89. The summed E-state index contributed by atoms with van der Waals surface area (Å²) in [5.41, 5.74) is 5.05. The number of benzene rings is 2. The third-order valence-corrected chi connectivity index (χ3v) is 6.48. The van der Waals surface area contributed by atoms with Gasteiger partial charge in [-0.15, -0.1) is 0 Å². The summed E-state index contributed by atoms with van der Waals surface area (Å²) in [6.07, 6.45) is 5.37. The number of aromatic nitrogens is 1. The fourth-order valence-corrected chi connectivity index (χ4v) is 5.05. The van der Waals surface area contributed by atoms with Gasteiger partial charge in [-0.3, -0.25) is 9.69 Å². The summed E-state index contributed by atoms with van der Waals surface area (Å²) in [6.45, 7) is 4.65. The zero-order valence-corrected chi connectivity index (χ0v) is 16.4. The summed E-state index contributed by atoms with van der Waals surface area (Å²) < 4.78 is 0. The van der Waals surface area contributed by atoms with Crippen molar-refractivity contribution in [3.63, 3.8) is 0 Å². The number of likely N-dealkylation sites (tertiary alicyclic amines) is 1. The highest BCUT2D eigenvalue weighted by molar-refractivity contribution is 5.97. The minimum Gasteiger partial charge on any atom is -0.361 e. The molecule has 3 aromatic rings. The fraction of sp³-hybridized carbons (Fsp3) is 0.375. The van der Waals surface area contributed by atoms with Gasteiger partial charge in [0.2, 0.25) is 5.91 Å². The Morgan fingerprint density at radius 1 is 1.07 bits per heavy atom. The summed E-state index contributed by atoms with van der Waals surface area (Å²) in [7, 11) is 0. The number of para-hydroxylation sites is 2. The van der Waals surface area contributed by atoms with Crippen LogP contribution < -0.4 is 4.90 Å². The number of hydrogen-bond acceptors (Lipinski definition) is 2. The zero-order valence-electron chi connectivity index (χ0n) is 16.4. The number of carbonyl (C=O) groups excluding carboxylic acids is 1. The number of nitrogens with zero attached hydrogens (tertiary/aromatic N) is 2. The van der Waals surface area contributed by atoms with Crippen LogP contribution in [0.5, 0.6) is 0 Å². The van der Waals surface area contributed by atoms with Crippen LogP contribution >= 0.6 is 0 Å². The molecule has 1 fully saturated rings. The first-order valence-electron chi connectivity index (χ1n) is 10.4. The summed E-state index contributed by atoms with van der Waals surface area (Å²) in [5, 5.41) is 1.35. The van der Waals surface area contributed by atoms with Crippen molar-refractivity contribution in [2.45, 2.75) is 38.1 Å². The Morgan fingerprint density at radius 3 is 2.68 bits per heavy atom. The molecular formula is C24H27N3O. The van der Waals surface area contributed by atoms with Crippen molar-refractivity contribution >= 4 is 22.5 Å². The molecule has 0 aliphatic carbocycles. The number of anilines is 1. The molecule has 4 nitrogen and oxygen atoms in total. The third kappa shape index (κ3) is 3.02. The Kier molecular flexibility index (Phi) is 4.44. The molecule has 2 aliphatic rings. The van der Waals surface area contributed by atoms with E-state index in [1.165, 1.54) is 22.0 Å². The Bertz CT molecular complexity index is 1000.